The Labute approximate surface area is 102 Å². The number of hydrogen-bond donors (Lipinski definition) is 2. The summed E-state index contributed by atoms with van der Waals surface area (Å²) in [5.41, 5.74) is 6.00. The highest BCUT2D eigenvalue weighted by molar-refractivity contribution is 5.95. The molecule has 1 aromatic rings. The Morgan fingerprint density at radius 1 is 1.41 bits per heavy atom. The molecule has 1 rings (SSSR count). The third kappa shape index (κ3) is 3.09. The van der Waals surface area contributed by atoms with Gasteiger partial charge in [0.2, 0.25) is 0 Å². The zero-order valence-electron chi connectivity index (χ0n) is 10.8. The Morgan fingerprint density at radius 3 is 2.59 bits per heavy atom. The van der Waals surface area contributed by atoms with Crippen molar-refractivity contribution in [1.29, 1.82) is 0 Å². The molecular weight excluding hydrogens is 216 g/mol. The van der Waals surface area contributed by atoms with Crippen LogP contribution in [0.15, 0.2) is 23.4 Å². The van der Waals surface area contributed by atoms with E-state index < -0.39 is 0 Å². The van der Waals surface area contributed by atoms with E-state index in [9.17, 15) is 0 Å². The van der Waals surface area contributed by atoms with E-state index in [1.807, 2.05) is 19.2 Å². The molecule has 5 nitrogen and oxygen atoms in total. The van der Waals surface area contributed by atoms with E-state index in [1.54, 1.807) is 6.07 Å². The van der Waals surface area contributed by atoms with E-state index in [0.717, 1.165) is 5.82 Å². The smallest absolute Gasteiger partial charge is 0.188 e. The minimum Gasteiger partial charge on any atom is -0.409 e. The normalized spacial score (nSPS) is 13.8. The maximum atomic E-state index is 8.62. The van der Waals surface area contributed by atoms with Crippen molar-refractivity contribution in [2.24, 2.45) is 16.8 Å². The van der Waals surface area contributed by atoms with Gasteiger partial charge >= 0.3 is 0 Å². The molecule has 0 aliphatic rings. The summed E-state index contributed by atoms with van der Waals surface area (Å²) < 4.78 is 0. The average molecular weight is 236 g/mol. The molecule has 3 N–H and O–H groups in total. The van der Waals surface area contributed by atoms with Crippen molar-refractivity contribution in [3.8, 4) is 0 Å². The van der Waals surface area contributed by atoms with Crippen LogP contribution >= 0.6 is 0 Å². The Balaban J connectivity index is 2.99. The van der Waals surface area contributed by atoms with Crippen molar-refractivity contribution in [2.75, 3.05) is 11.9 Å². The summed E-state index contributed by atoms with van der Waals surface area (Å²) in [6.45, 7) is 6.46. The van der Waals surface area contributed by atoms with Gasteiger partial charge in [-0.15, -0.1) is 0 Å². The molecule has 0 aliphatic heterocycles. The van der Waals surface area contributed by atoms with Crippen LogP contribution in [0.1, 0.15) is 26.5 Å². The largest absolute Gasteiger partial charge is 0.409 e. The Morgan fingerprint density at radius 2 is 2.06 bits per heavy atom. The van der Waals surface area contributed by atoms with Crippen molar-refractivity contribution < 1.29 is 5.21 Å². The van der Waals surface area contributed by atoms with Gasteiger partial charge in [0.1, 0.15) is 11.5 Å². The van der Waals surface area contributed by atoms with E-state index in [4.69, 9.17) is 10.9 Å². The van der Waals surface area contributed by atoms with Crippen LogP contribution in [0.4, 0.5) is 5.82 Å². The van der Waals surface area contributed by atoms with E-state index >= 15 is 0 Å². The van der Waals surface area contributed by atoms with Crippen LogP contribution < -0.4 is 10.6 Å². The van der Waals surface area contributed by atoms with Crippen LogP contribution in [0.3, 0.4) is 0 Å². The van der Waals surface area contributed by atoms with Crippen molar-refractivity contribution in [2.45, 2.75) is 26.8 Å². The zero-order chi connectivity index (χ0) is 13.0. The highest BCUT2D eigenvalue weighted by Gasteiger charge is 2.15. The van der Waals surface area contributed by atoms with E-state index in [2.05, 4.69) is 35.8 Å². The molecule has 1 heterocycles. The third-order valence-corrected chi connectivity index (χ3v) is 3.04. The molecule has 94 valence electrons. The second-order valence-electron chi connectivity index (χ2n) is 4.46. The summed E-state index contributed by atoms with van der Waals surface area (Å²) >= 11 is 0. The maximum absolute atomic E-state index is 8.62. The lowest BCUT2D eigenvalue weighted by molar-refractivity contribution is 0.318. The number of hydrogen-bond acceptors (Lipinski definition) is 4. The lowest BCUT2D eigenvalue weighted by Gasteiger charge is -2.29. The minimum atomic E-state index is 0.0254. The molecule has 0 spiro atoms. The molecule has 0 radical (unpaired) electrons. The number of rotatable bonds is 4. The molecule has 1 aromatic heterocycles. The molecule has 0 aromatic carbocycles. The minimum absolute atomic E-state index is 0.0254. The Kier molecular flexibility index (Phi) is 4.31. The summed E-state index contributed by atoms with van der Waals surface area (Å²) in [4.78, 5) is 6.44. The van der Waals surface area contributed by atoms with Crippen LogP contribution in [-0.4, -0.2) is 29.1 Å². The molecule has 1 unspecified atom stereocenters. The standard InChI is InChI=1S/C12H20N4O/c1-8(2)9(3)16(4)11-7-5-6-10(14-11)12(13)15-17/h5-9,17H,1-4H3,(H2,13,15). The Bertz CT molecular complexity index is 403. The first-order valence-corrected chi connectivity index (χ1v) is 5.65. The lowest BCUT2D eigenvalue weighted by Crippen LogP contribution is -2.34. The highest BCUT2D eigenvalue weighted by atomic mass is 16.4. The van der Waals surface area contributed by atoms with Gasteiger partial charge in [-0.3, -0.25) is 0 Å². The van der Waals surface area contributed by atoms with Gasteiger partial charge in [0.05, 0.1) is 0 Å². The topological polar surface area (TPSA) is 74.7 Å². The van der Waals surface area contributed by atoms with Gasteiger partial charge in [-0.25, -0.2) is 4.98 Å². The molecule has 0 amide bonds. The number of anilines is 1. The van der Waals surface area contributed by atoms with Crippen molar-refractivity contribution in [3.63, 3.8) is 0 Å². The summed E-state index contributed by atoms with van der Waals surface area (Å²) in [5.74, 6) is 1.36. The third-order valence-electron chi connectivity index (χ3n) is 3.04. The average Bonchev–Trinajstić information content (AvgIpc) is 2.36. The number of nitrogens with zero attached hydrogens (tertiary/aromatic N) is 3. The number of oxime groups is 1. The number of nitrogens with two attached hydrogens (primary N) is 1. The monoisotopic (exact) mass is 236 g/mol. The molecular formula is C12H20N4O. The summed E-state index contributed by atoms with van der Waals surface area (Å²) in [6.07, 6.45) is 0. The van der Waals surface area contributed by atoms with Crippen LogP contribution in [0.25, 0.3) is 0 Å². The predicted octanol–water partition coefficient (Wildman–Crippen LogP) is 1.66. The first-order chi connectivity index (χ1) is 7.97. The van der Waals surface area contributed by atoms with Crippen LogP contribution in [-0.2, 0) is 0 Å². The predicted molar refractivity (Wildman–Crippen MR) is 69.5 cm³/mol. The van der Waals surface area contributed by atoms with Gasteiger partial charge in [-0.2, -0.15) is 0 Å². The zero-order valence-corrected chi connectivity index (χ0v) is 10.8. The molecule has 5 heteroatoms. The molecule has 0 saturated heterocycles. The van der Waals surface area contributed by atoms with Crippen LogP contribution in [0, 0.1) is 5.92 Å². The molecule has 1 atom stereocenters. The van der Waals surface area contributed by atoms with E-state index in [0.29, 0.717) is 17.7 Å². The summed E-state index contributed by atoms with van der Waals surface area (Å²) in [5, 5.41) is 11.6. The summed E-state index contributed by atoms with van der Waals surface area (Å²) in [6, 6.07) is 5.84. The molecule has 0 aliphatic carbocycles. The molecule has 0 saturated carbocycles. The fourth-order valence-corrected chi connectivity index (χ4v) is 1.47. The highest BCUT2D eigenvalue weighted by Crippen LogP contribution is 2.16. The van der Waals surface area contributed by atoms with Crippen molar-refractivity contribution in [1.82, 2.24) is 4.98 Å². The Hall–Kier alpha value is -1.78. The molecule has 0 bridgehead atoms. The van der Waals surface area contributed by atoms with E-state index in [-0.39, 0.29) is 5.84 Å². The molecule has 17 heavy (non-hydrogen) atoms. The van der Waals surface area contributed by atoms with Gasteiger partial charge in [0, 0.05) is 13.1 Å². The fourth-order valence-electron chi connectivity index (χ4n) is 1.47. The number of pyridine rings is 1. The quantitative estimate of drug-likeness (QED) is 0.361. The first-order valence-electron chi connectivity index (χ1n) is 5.65. The fraction of sp³-hybridized carbons (Fsp3) is 0.500. The van der Waals surface area contributed by atoms with Gasteiger partial charge in [0.15, 0.2) is 5.84 Å². The van der Waals surface area contributed by atoms with Crippen LogP contribution in [0.5, 0.6) is 0 Å². The first kappa shape index (κ1) is 13.3. The van der Waals surface area contributed by atoms with Gasteiger partial charge in [0.25, 0.3) is 0 Å². The van der Waals surface area contributed by atoms with Gasteiger partial charge in [-0.1, -0.05) is 25.1 Å². The van der Waals surface area contributed by atoms with Gasteiger partial charge < -0.3 is 15.8 Å². The van der Waals surface area contributed by atoms with Gasteiger partial charge in [-0.05, 0) is 25.0 Å². The van der Waals surface area contributed by atoms with Crippen LogP contribution in [0.2, 0.25) is 0 Å². The van der Waals surface area contributed by atoms with Crippen molar-refractivity contribution >= 4 is 11.7 Å². The second-order valence-corrected chi connectivity index (χ2v) is 4.46. The number of aromatic nitrogens is 1. The number of amidine groups is 1. The summed E-state index contributed by atoms with van der Waals surface area (Å²) in [7, 11) is 1.99. The second kappa shape index (κ2) is 5.52. The van der Waals surface area contributed by atoms with E-state index in [1.165, 1.54) is 0 Å². The van der Waals surface area contributed by atoms with Crippen molar-refractivity contribution in [3.05, 3.63) is 23.9 Å². The maximum Gasteiger partial charge on any atom is 0.188 e. The SMILES string of the molecule is CC(C)C(C)N(C)c1cccc(C(N)=NO)n1. The lowest BCUT2D eigenvalue weighted by atomic mass is 10.1. The molecule has 0 fully saturated rings.